The van der Waals surface area contributed by atoms with Crippen LogP contribution in [0.4, 0.5) is 5.69 Å². The van der Waals surface area contributed by atoms with Gasteiger partial charge < -0.3 is 9.64 Å². The van der Waals surface area contributed by atoms with Gasteiger partial charge in [0.1, 0.15) is 0 Å². The summed E-state index contributed by atoms with van der Waals surface area (Å²) in [5.74, 6) is 1.34. The van der Waals surface area contributed by atoms with Crippen molar-refractivity contribution in [2.75, 3.05) is 24.6 Å². The first-order valence-electron chi connectivity index (χ1n) is 10.2. The van der Waals surface area contributed by atoms with Crippen LogP contribution in [0.25, 0.3) is 0 Å². The first-order valence-corrected chi connectivity index (χ1v) is 10.2. The summed E-state index contributed by atoms with van der Waals surface area (Å²) >= 11 is 0. The number of aryl methyl sites for hydroxylation is 1. The molecule has 1 spiro atoms. The van der Waals surface area contributed by atoms with Crippen molar-refractivity contribution in [1.29, 1.82) is 0 Å². The van der Waals surface area contributed by atoms with Crippen LogP contribution in [-0.4, -0.2) is 48.7 Å². The van der Waals surface area contributed by atoms with Gasteiger partial charge in [-0.3, -0.25) is 9.69 Å². The Hall–Kier alpha value is -1.65. The summed E-state index contributed by atoms with van der Waals surface area (Å²) in [6, 6.07) is 7.67. The van der Waals surface area contributed by atoms with Gasteiger partial charge in [-0.15, -0.1) is 0 Å². The predicted molar refractivity (Wildman–Crippen MR) is 98.1 cm³/mol. The molecule has 6 aliphatic rings. The Labute approximate surface area is 153 Å². The fourth-order valence-corrected chi connectivity index (χ4v) is 7.66. The van der Waals surface area contributed by atoms with Crippen LogP contribution in [0.2, 0.25) is 0 Å². The second-order valence-electron chi connectivity index (χ2n) is 9.28. The van der Waals surface area contributed by atoms with Gasteiger partial charge in [0.2, 0.25) is 5.91 Å². The van der Waals surface area contributed by atoms with Gasteiger partial charge in [0.25, 0.3) is 0 Å². The monoisotopic (exact) mass is 348 g/mol. The number of rotatable bonds is 0. The van der Waals surface area contributed by atoms with E-state index < -0.39 is 0 Å². The number of amides is 1. The van der Waals surface area contributed by atoms with Crippen LogP contribution in [0.5, 0.6) is 0 Å². The Bertz CT molecular complexity index is 892. The molecule has 1 aromatic carbocycles. The van der Waals surface area contributed by atoms with Gasteiger partial charge >= 0.3 is 0 Å². The van der Waals surface area contributed by atoms with Crippen LogP contribution in [0, 0.1) is 18.8 Å². The SMILES string of the molecule is Cc1ccc2c(c1)C13CCN4CC5=CCOC6CC(=O)N2C1C6C5CC43. The lowest BCUT2D eigenvalue weighted by atomic mass is 9.53. The van der Waals surface area contributed by atoms with Gasteiger partial charge in [0.15, 0.2) is 0 Å². The Kier molecular flexibility index (Phi) is 2.45. The molecule has 1 aromatic rings. The molecule has 3 saturated heterocycles. The summed E-state index contributed by atoms with van der Waals surface area (Å²) in [4.78, 5) is 18.2. The van der Waals surface area contributed by atoms with Crippen LogP contribution in [0.15, 0.2) is 29.8 Å². The number of hydrogen-bond donors (Lipinski definition) is 0. The fraction of sp³-hybridized carbons (Fsp3) is 0.591. The van der Waals surface area contributed by atoms with E-state index in [1.54, 1.807) is 5.57 Å². The molecular weight excluding hydrogens is 324 g/mol. The highest BCUT2D eigenvalue weighted by atomic mass is 16.5. The molecule has 5 aliphatic heterocycles. The molecule has 0 N–H and O–H groups in total. The molecule has 1 saturated carbocycles. The lowest BCUT2D eigenvalue weighted by Crippen LogP contribution is -2.69. The molecule has 0 radical (unpaired) electrons. The lowest BCUT2D eigenvalue weighted by molar-refractivity contribution is -0.132. The Morgan fingerprint density at radius 2 is 2.23 bits per heavy atom. The smallest absolute Gasteiger partial charge is 0.229 e. The van der Waals surface area contributed by atoms with Crippen molar-refractivity contribution in [3.05, 3.63) is 41.0 Å². The molecular formula is C22H24N2O2. The molecule has 5 heterocycles. The fourth-order valence-electron chi connectivity index (χ4n) is 7.66. The second kappa shape index (κ2) is 4.42. The Morgan fingerprint density at radius 1 is 1.31 bits per heavy atom. The summed E-state index contributed by atoms with van der Waals surface area (Å²) in [5, 5.41) is 0. The summed E-state index contributed by atoms with van der Waals surface area (Å²) < 4.78 is 6.27. The highest BCUT2D eigenvalue weighted by molar-refractivity contribution is 5.99. The molecule has 7 rings (SSSR count). The minimum absolute atomic E-state index is 0.0999. The van der Waals surface area contributed by atoms with Crippen LogP contribution in [0.3, 0.4) is 0 Å². The van der Waals surface area contributed by atoms with Crippen molar-refractivity contribution < 1.29 is 9.53 Å². The normalized spacial score (nSPS) is 44.7. The van der Waals surface area contributed by atoms with Crippen LogP contribution >= 0.6 is 0 Å². The van der Waals surface area contributed by atoms with Crippen molar-refractivity contribution in [2.45, 2.75) is 49.8 Å². The zero-order valence-electron chi connectivity index (χ0n) is 15.1. The van der Waals surface area contributed by atoms with E-state index in [1.807, 2.05) is 0 Å². The standard InChI is InChI=1S/C22H24N2O2/c1-12-2-3-16-15(8-12)22-5-6-23-11-13-4-7-26-17-10-19(25)24(16)21(22)20(17)14(13)9-18(22)23/h2-4,8,14,17-18,20-21H,5-7,9-11H2,1H3. The quantitative estimate of drug-likeness (QED) is 0.675. The van der Waals surface area contributed by atoms with Crippen molar-refractivity contribution in [3.8, 4) is 0 Å². The van der Waals surface area contributed by atoms with Crippen LogP contribution in [0.1, 0.15) is 30.4 Å². The van der Waals surface area contributed by atoms with E-state index in [0.29, 0.717) is 36.9 Å². The first-order chi connectivity index (χ1) is 12.7. The van der Waals surface area contributed by atoms with Gasteiger partial charge in [-0.1, -0.05) is 29.3 Å². The molecule has 6 atom stereocenters. The number of benzene rings is 1. The molecule has 2 bridgehead atoms. The summed E-state index contributed by atoms with van der Waals surface area (Å²) in [5.41, 5.74) is 5.69. The minimum atomic E-state index is 0.0999. The Balaban J connectivity index is 1.55. The summed E-state index contributed by atoms with van der Waals surface area (Å²) in [6.45, 7) is 5.16. The topological polar surface area (TPSA) is 32.8 Å². The third-order valence-corrected chi connectivity index (χ3v) is 8.47. The third-order valence-electron chi connectivity index (χ3n) is 8.47. The number of piperidine rings is 2. The molecule has 4 nitrogen and oxygen atoms in total. The van der Waals surface area contributed by atoms with Gasteiger partial charge in [-0.2, -0.15) is 0 Å². The first kappa shape index (κ1) is 14.4. The molecule has 1 amide bonds. The number of fused-ring (bicyclic) bond motifs is 2. The van der Waals surface area contributed by atoms with Crippen LogP contribution in [-0.2, 0) is 14.9 Å². The average Bonchev–Trinajstić information content (AvgIpc) is 3.09. The van der Waals surface area contributed by atoms with E-state index in [-0.39, 0.29) is 17.4 Å². The largest absolute Gasteiger partial charge is 0.373 e. The van der Waals surface area contributed by atoms with E-state index in [2.05, 4.69) is 41.0 Å². The number of carbonyl (C=O) groups is 1. The second-order valence-corrected chi connectivity index (χ2v) is 9.28. The minimum Gasteiger partial charge on any atom is -0.373 e. The molecule has 6 unspecified atom stereocenters. The maximum absolute atomic E-state index is 13.3. The van der Waals surface area contributed by atoms with Crippen molar-refractivity contribution in [1.82, 2.24) is 4.90 Å². The van der Waals surface area contributed by atoms with Gasteiger partial charge in [-0.05, 0) is 43.9 Å². The van der Waals surface area contributed by atoms with Crippen LogP contribution < -0.4 is 4.90 Å². The number of nitrogens with zero attached hydrogens (tertiary/aromatic N) is 2. The number of ether oxygens (including phenoxy) is 1. The maximum Gasteiger partial charge on any atom is 0.229 e. The molecule has 1 aliphatic carbocycles. The van der Waals surface area contributed by atoms with Crippen molar-refractivity contribution in [2.24, 2.45) is 11.8 Å². The molecule has 0 aromatic heterocycles. The van der Waals surface area contributed by atoms with Crippen molar-refractivity contribution in [3.63, 3.8) is 0 Å². The molecule has 134 valence electrons. The summed E-state index contributed by atoms with van der Waals surface area (Å²) in [6.07, 6.45) is 5.43. The maximum atomic E-state index is 13.3. The highest BCUT2D eigenvalue weighted by Crippen LogP contribution is 2.65. The lowest BCUT2D eigenvalue weighted by Gasteiger charge is -2.58. The Morgan fingerprint density at radius 3 is 3.15 bits per heavy atom. The number of carbonyl (C=O) groups excluding carboxylic acids is 1. The zero-order valence-corrected chi connectivity index (χ0v) is 15.1. The highest BCUT2D eigenvalue weighted by Gasteiger charge is 2.70. The predicted octanol–water partition coefficient (Wildman–Crippen LogP) is 2.40. The molecule has 4 fully saturated rings. The van der Waals surface area contributed by atoms with E-state index in [9.17, 15) is 4.79 Å². The van der Waals surface area contributed by atoms with E-state index >= 15 is 0 Å². The molecule has 26 heavy (non-hydrogen) atoms. The number of hydrogen-bond acceptors (Lipinski definition) is 3. The summed E-state index contributed by atoms with van der Waals surface area (Å²) in [7, 11) is 0. The van der Waals surface area contributed by atoms with Gasteiger partial charge in [-0.25, -0.2) is 0 Å². The van der Waals surface area contributed by atoms with E-state index in [4.69, 9.17) is 4.74 Å². The van der Waals surface area contributed by atoms with Gasteiger partial charge in [0.05, 0.1) is 25.2 Å². The zero-order chi connectivity index (χ0) is 17.2. The van der Waals surface area contributed by atoms with E-state index in [0.717, 1.165) is 6.54 Å². The van der Waals surface area contributed by atoms with E-state index in [1.165, 1.54) is 36.2 Å². The van der Waals surface area contributed by atoms with Gasteiger partial charge in [0, 0.05) is 29.6 Å². The molecule has 4 heteroatoms. The number of anilines is 1. The van der Waals surface area contributed by atoms with Crippen molar-refractivity contribution >= 4 is 11.6 Å². The average molecular weight is 348 g/mol. The third kappa shape index (κ3) is 1.40.